The van der Waals surface area contributed by atoms with Gasteiger partial charge in [0, 0.05) is 11.4 Å². The van der Waals surface area contributed by atoms with E-state index in [1.54, 1.807) is 6.33 Å². The molecule has 0 fully saturated rings. The standard InChI is InChI=1S/C13H16BrN3O/c1-10(2)17-13(15-9-16-17)8-18-12-5-3-11(7-14)4-6-12/h3-6,9-10H,7-8H2,1-2H3. The van der Waals surface area contributed by atoms with Gasteiger partial charge >= 0.3 is 0 Å². The van der Waals surface area contributed by atoms with Gasteiger partial charge in [0.2, 0.25) is 0 Å². The maximum Gasteiger partial charge on any atom is 0.165 e. The fourth-order valence-corrected chi connectivity index (χ4v) is 2.01. The fourth-order valence-electron chi connectivity index (χ4n) is 1.63. The van der Waals surface area contributed by atoms with Crippen molar-refractivity contribution in [3.8, 4) is 5.75 Å². The van der Waals surface area contributed by atoms with Crippen molar-refractivity contribution in [3.63, 3.8) is 0 Å². The zero-order valence-electron chi connectivity index (χ0n) is 10.5. The number of rotatable bonds is 5. The lowest BCUT2D eigenvalue weighted by atomic mass is 10.2. The summed E-state index contributed by atoms with van der Waals surface area (Å²) in [6.07, 6.45) is 1.56. The van der Waals surface area contributed by atoms with E-state index >= 15 is 0 Å². The molecule has 0 radical (unpaired) electrons. The van der Waals surface area contributed by atoms with Gasteiger partial charge in [0.15, 0.2) is 5.82 Å². The van der Waals surface area contributed by atoms with Gasteiger partial charge in [-0.2, -0.15) is 5.10 Å². The molecule has 18 heavy (non-hydrogen) atoms. The lowest BCUT2D eigenvalue weighted by molar-refractivity contribution is 0.282. The quantitative estimate of drug-likeness (QED) is 0.795. The Morgan fingerprint density at radius 1 is 1.28 bits per heavy atom. The molecule has 1 aromatic carbocycles. The van der Waals surface area contributed by atoms with Gasteiger partial charge in [0.25, 0.3) is 0 Å². The van der Waals surface area contributed by atoms with Gasteiger partial charge in [0.05, 0.1) is 0 Å². The van der Waals surface area contributed by atoms with Crippen LogP contribution in [-0.2, 0) is 11.9 Å². The first-order valence-electron chi connectivity index (χ1n) is 5.87. The summed E-state index contributed by atoms with van der Waals surface area (Å²) >= 11 is 3.42. The minimum atomic E-state index is 0.293. The summed E-state index contributed by atoms with van der Waals surface area (Å²) in [5.74, 6) is 1.69. The van der Waals surface area contributed by atoms with Crippen LogP contribution in [0.3, 0.4) is 0 Å². The second-order valence-electron chi connectivity index (χ2n) is 4.28. The number of hydrogen-bond donors (Lipinski definition) is 0. The molecular weight excluding hydrogens is 294 g/mol. The molecule has 1 aromatic heterocycles. The second-order valence-corrected chi connectivity index (χ2v) is 4.84. The topological polar surface area (TPSA) is 39.9 Å². The third kappa shape index (κ3) is 3.10. The van der Waals surface area contributed by atoms with Crippen molar-refractivity contribution in [2.75, 3.05) is 0 Å². The molecule has 0 unspecified atom stereocenters. The highest BCUT2D eigenvalue weighted by molar-refractivity contribution is 9.08. The molecule has 0 aliphatic heterocycles. The van der Waals surface area contributed by atoms with Crippen LogP contribution in [-0.4, -0.2) is 14.8 Å². The number of aromatic nitrogens is 3. The molecule has 0 atom stereocenters. The molecule has 4 nitrogen and oxygen atoms in total. The highest BCUT2D eigenvalue weighted by atomic mass is 79.9. The van der Waals surface area contributed by atoms with Crippen molar-refractivity contribution in [3.05, 3.63) is 42.0 Å². The van der Waals surface area contributed by atoms with Crippen molar-refractivity contribution in [2.45, 2.75) is 31.8 Å². The lowest BCUT2D eigenvalue weighted by Crippen LogP contribution is -2.10. The molecule has 0 amide bonds. The number of halogens is 1. The molecule has 1 heterocycles. The van der Waals surface area contributed by atoms with Gasteiger partial charge in [-0.3, -0.25) is 0 Å². The molecule has 0 saturated carbocycles. The van der Waals surface area contributed by atoms with E-state index in [4.69, 9.17) is 4.74 Å². The van der Waals surface area contributed by atoms with Crippen LogP contribution in [0.25, 0.3) is 0 Å². The largest absolute Gasteiger partial charge is 0.486 e. The maximum atomic E-state index is 5.70. The minimum absolute atomic E-state index is 0.293. The Bertz CT molecular complexity index is 493. The third-order valence-corrected chi connectivity index (χ3v) is 3.23. The van der Waals surface area contributed by atoms with Gasteiger partial charge < -0.3 is 4.74 Å². The molecule has 0 spiro atoms. The Labute approximate surface area is 115 Å². The normalized spacial score (nSPS) is 10.9. The van der Waals surface area contributed by atoms with E-state index in [1.165, 1.54) is 5.56 Å². The van der Waals surface area contributed by atoms with Crippen molar-refractivity contribution in [1.82, 2.24) is 14.8 Å². The number of hydrogen-bond acceptors (Lipinski definition) is 3. The van der Waals surface area contributed by atoms with E-state index in [1.807, 2.05) is 28.9 Å². The van der Waals surface area contributed by atoms with Gasteiger partial charge in [-0.05, 0) is 31.5 Å². The van der Waals surface area contributed by atoms with Crippen LogP contribution in [0.1, 0.15) is 31.3 Å². The summed E-state index contributed by atoms with van der Waals surface area (Å²) < 4.78 is 7.57. The zero-order valence-corrected chi connectivity index (χ0v) is 12.1. The molecular formula is C13H16BrN3O. The summed E-state index contributed by atoms with van der Waals surface area (Å²) in [6.45, 7) is 4.58. The van der Waals surface area contributed by atoms with E-state index in [-0.39, 0.29) is 0 Å². The average Bonchev–Trinajstić information content (AvgIpc) is 2.85. The molecule has 2 rings (SSSR count). The average molecular weight is 310 g/mol. The van der Waals surface area contributed by atoms with Crippen molar-refractivity contribution in [2.24, 2.45) is 0 Å². The highest BCUT2D eigenvalue weighted by Gasteiger charge is 2.07. The molecule has 96 valence electrons. The SMILES string of the molecule is CC(C)n1ncnc1COc1ccc(CBr)cc1. The molecule has 0 saturated heterocycles. The maximum absolute atomic E-state index is 5.70. The van der Waals surface area contributed by atoms with Crippen LogP contribution in [0.4, 0.5) is 0 Å². The predicted molar refractivity (Wildman–Crippen MR) is 73.8 cm³/mol. The first-order valence-corrected chi connectivity index (χ1v) is 6.99. The molecule has 0 N–H and O–H groups in total. The summed E-state index contributed by atoms with van der Waals surface area (Å²) in [5, 5.41) is 5.03. The Morgan fingerprint density at radius 2 is 2.00 bits per heavy atom. The van der Waals surface area contributed by atoms with Crippen molar-refractivity contribution >= 4 is 15.9 Å². The second kappa shape index (κ2) is 6.00. The Balaban J connectivity index is 2.00. The Morgan fingerprint density at radius 3 is 2.61 bits per heavy atom. The predicted octanol–water partition coefficient (Wildman–Crippen LogP) is 3.33. The van der Waals surface area contributed by atoms with Crippen LogP contribution in [0, 0.1) is 0 Å². The summed E-state index contributed by atoms with van der Waals surface area (Å²) in [7, 11) is 0. The van der Waals surface area contributed by atoms with E-state index < -0.39 is 0 Å². The molecule has 5 heteroatoms. The van der Waals surface area contributed by atoms with Crippen LogP contribution in [0.2, 0.25) is 0 Å². The van der Waals surface area contributed by atoms with Crippen molar-refractivity contribution < 1.29 is 4.74 Å². The number of nitrogens with zero attached hydrogens (tertiary/aromatic N) is 3. The zero-order chi connectivity index (χ0) is 13.0. The summed E-state index contributed by atoms with van der Waals surface area (Å²) in [4.78, 5) is 4.21. The van der Waals surface area contributed by atoms with Crippen molar-refractivity contribution in [1.29, 1.82) is 0 Å². The molecule has 0 aliphatic carbocycles. The Kier molecular flexibility index (Phi) is 4.36. The lowest BCUT2D eigenvalue weighted by Gasteiger charge is -2.10. The van der Waals surface area contributed by atoms with E-state index in [0.717, 1.165) is 16.9 Å². The van der Waals surface area contributed by atoms with Gasteiger partial charge in [-0.1, -0.05) is 28.1 Å². The van der Waals surface area contributed by atoms with Crippen LogP contribution < -0.4 is 4.74 Å². The van der Waals surface area contributed by atoms with Crippen LogP contribution in [0.15, 0.2) is 30.6 Å². The van der Waals surface area contributed by atoms with Crippen LogP contribution >= 0.6 is 15.9 Å². The number of alkyl halides is 1. The summed E-state index contributed by atoms with van der Waals surface area (Å²) in [5.41, 5.74) is 1.23. The monoisotopic (exact) mass is 309 g/mol. The smallest absolute Gasteiger partial charge is 0.165 e. The first kappa shape index (κ1) is 13.1. The number of benzene rings is 1. The van der Waals surface area contributed by atoms with Gasteiger partial charge in [-0.15, -0.1) is 0 Å². The third-order valence-electron chi connectivity index (χ3n) is 2.58. The van der Waals surface area contributed by atoms with E-state index in [2.05, 4.69) is 39.9 Å². The summed E-state index contributed by atoms with van der Waals surface area (Å²) in [6, 6.07) is 8.30. The number of ether oxygens (including phenoxy) is 1. The molecule has 0 aliphatic rings. The van der Waals surface area contributed by atoms with Crippen LogP contribution in [0.5, 0.6) is 5.75 Å². The Hall–Kier alpha value is -1.36. The van der Waals surface area contributed by atoms with E-state index in [9.17, 15) is 0 Å². The fraction of sp³-hybridized carbons (Fsp3) is 0.385. The molecule has 2 aromatic rings. The minimum Gasteiger partial charge on any atom is -0.486 e. The van der Waals surface area contributed by atoms with Gasteiger partial charge in [-0.25, -0.2) is 9.67 Å². The first-order chi connectivity index (χ1) is 8.70. The highest BCUT2D eigenvalue weighted by Crippen LogP contribution is 2.15. The van der Waals surface area contributed by atoms with E-state index in [0.29, 0.717) is 12.6 Å². The van der Waals surface area contributed by atoms with Gasteiger partial charge in [0.1, 0.15) is 18.7 Å². The molecule has 0 bridgehead atoms.